The predicted octanol–water partition coefficient (Wildman–Crippen LogP) is 4.87. The molecule has 0 atom stereocenters. The number of likely N-dealkylation sites (N-methyl/N-ethyl adjacent to an activating group) is 2. The molecule has 8 heteroatoms. The van der Waals surface area contributed by atoms with Gasteiger partial charge in [0.25, 0.3) is 5.91 Å². The third-order valence-corrected chi connectivity index (χ3v) is 5.69. The molecule has 1 aromatic carbocycles. The fourth-order valence-corrected chi connectivity index (χ4v) is 3.77. The molecular weight excluding hydrogens is 450 g/mol. The van der Waals surface area contributed by atoms with Gasteiger partial charge in [0.2, 0.25) is 0 Å². The Bertz CT molecular complexity index is 1280. The van der Waals surface area contributed by atoms with E-state index in [1.165, 1.54) is 0 Å². The second-order valence-corrected chi connectivity index (χ2v) is 9.05. The molecule has 1 amide bonds. The average molecular weight is 488 g/mol. The molecule has 8 nitrogen and oxygen atoms in total. The predicted molar refractivity (Wildman–Crippen MR) is 148 cm³/mol. The number of aromatic amines is 1. The maximum absolute atomic E-state index is 13.0. The third-order valence-electron chi connectivity index (χ3n) is 5.69. The third kappa shape index (κ3) is 7.11. The van der Waals surface area contributed by atoms with Gasteiger partial charge in [0, 0.05) is 42.8 Å². The highest BCUT2D eigenvalue weighted by molar-refractivity contribution is 6.06. The normalized spacial score (nSPS) is 12.7. The van der Waals surface area contributed by atoms with Gasteiger partial charge >= 0.3 is 0 Å². The molecule has 190 valence electrons. The number of nitrogens with zero attached hydrogens (tertiary/aromatic N) is 5. The Morgan fingerprint density at radius 3 is 2.50 bits per heavy atom. The Morgan fingerprint density at radius 2 is 1.83 bits per heavy atom. The Morgan fingerprint density at radius 1 is 1.06 bits per heavy atom. The van der Waals surface area contributed by atoms with Crippen LogP contribution in [-0.2, 0) is 4.79 Å². The van der Waals surface area contributed by atoms with Gasteiger partial charge in [-0.25, -0.2) is 15.0 Å². The van der Waals surface area contributed by atoms with E-state index in [-0.39, 0.29) is 5.91 Å². The van der Waals surface area contributed by atoms with Crippen LogP contribution < -0.4 is 5.32 Å². The summed E-state index contributed by atoms with van der Waals surface area (Å²) < 4.78 is 0. The topological polar surface area (TPSA) is 90.0 Å². The lowest BCUT2D eigenvalue weighted by atomic mass is 10.1. The monoisotopic (exact) mass is 487 g/mol. The summed E-state index contributed by atoms with van der Waals surface area (Å²) in [6, 6.07) is 7.53. The largest absolute Gasteiger partial charge is 0.374 e. The number of anilines is 1. The minimum atomic E-state index is -0.165. The average Bonchev–Trinajstić information content (AvgIpc) is 3.25. The number of nitrogens with one attached hydrogen (secondary N) is 2. The van der Waals surface area contributed by atoms with E-state index >= 15 is 0 Å². The Hall–Kier alpha value is -3.78. The van der Waals surface area contributed by atoms with Gasteiger partial charge in [-0.1, -0.05) is 19.1 Å². The van der Waals surface area contributed by atoms with Gasteiger partial charge in [-0.3, -0.25) is 4.79 Å². The van der Waals surface area contributed by atoms with Crippen LogP contribution in [0.15, 0.2) is 59.8 Å². The number of imidazole rings is 1. The van der Waals surface area contributed by atoms with Crippen LogP contribution in [0, 0.1) is 13.8 Å². The van der Waals surface area contributed by atoms with Crippen molar-refractivity contribution in [1.82, 2.24) is 29.7 Å². The standard InChI is InChI=1S/C28H37N7O/c1-8-10-23(35(7)16-15-34(5)6)13-11-21(9-2)28(36)31-22-12-14-24-25(18-22)33-27(32-24)26-17-19(3)29-20(4)30-26/h9-14,17-18H,8,15-16H2,1-7H3,(H,31,36)(H,32,33)/b13-11-,21-9+,23-10-. The molecule has 0 fully saturated rings. The van der Waals surface area contributed by atoms with Crippen LogP contribution in [0.2, 0.25) is 0 Å². The molecule has 0 radical (unpaired) electrons. The maximum atomic E-state index is 13.0. The van der Waals surface area contributed by atoms with E-state index in [0.29, 0.717) is 22.9 Å². The van der Waals surface area contributed by atoms with E-state index in [9.17, 15) is 4.79 Å². The van der Waals surface area contributed by atoms with Crippen molar-refractivity contribution in [2.75, 3.05) is 39.5 Å². The van der Waals surface area contributed by atoms with Crippen LogP contribution in [0.5, 0.6) is 0 Å². The van der Waals surface area contributed by atoms with E-state index in [1.807, 2.05) is 63.3 Å². The zero-order valence-electron chi connectivity index (χ0n) is 22.4. The van der Waals surface area contributed by atoms with Crippen molar-refractivity contribution in [3.8, 4) is 11.5 Å². The first-order valence-electron chi connectivity index (χ1n) is 12.2. The summed E-state index contributed by atoms with van der Waals surface area (Å²) in [5.41, 5.74) is 5.64. The summed E-state index contributed by atoms with van der Waals surface area (Å²) in [5.74, 6) is 1.21. The molecule has 2 aromatic heterocycles. The first kappa shape index (κ1) is 26.8. The van der Waals surface area contributed by atoms with E-state index in [0.717, 1.165) is 47.6 Å². The minimum Gasteiger partial charge on any atom is -0.374 e. The van der Waals surface area contributed by atoms with Crippen molar-refractivity contribution in [2.45, 2.75) is 34.1 Å². The summed E-state index contributed by atoms with van der Waals surface area (Å²) in [4.78, 5) is 34.2. The molecule has 3 aromatic rings. The fourth-order valence-electron chi connectivity index (χ4n) is 3.77. The highest BCUT2D eigenvalue weighted by Crippen LogP contribution is 2.23. The molecule has 0 unspecified atom stereocenters. The van der Waals surface area contributed by atoms with Crippen LogP contribution >= 0.6 is 0 Å². The second-order valence-electron chi connectivity index (χ2n) is 9.05. The molecule has 2 N–H and O–H groups in total. The molecule has 0 aliphatic carbocycles. The number of carbonyl (C=O) groups is 1. The van der Waals surface area contributed by atoms with Gasteiger partial charge in [0.05, 0.1) is 11.0 Å². The van der Waals surface area contributed by atoms with Crippen LogP contribution in [0.3, 0.4) is 0 Å². The number of aromatic nitrogens is 4. The van der Waals surface area contributed by atoms with Gasteiger partial charge in [-0.05, 0) is 77.7 Å². The van der Waals surface area contributed by atoms with Gasteiger partial charge in [0.15, 0.2) is 5.82 Å². The lowest BCUT2D eigenvalue weighted by Gasteiger charge is -2.22. The number of allylic oxidation sites excluding steroid dienone is 3. The van der Waals surface area contributed by atoms with Crippen molar-refractivity contribution >= 4 is 22.6 Å². The summed E-state index contributed by atoms with van der Waals surface area (Å²) in [6.45, 7) is 9.64. The summed E-state index contributed by atoms with van der Waals surface area (Å²) in [7, 11) is 6.20. The number of aryl methyl sites for hydroxylation is 2. The fraction of sp³-hybridized carbons (Fsp3) is 0.357. The number of amides is 1. The zero-order valence-corrected chi connectivity index (χ0v) is 22.4. The molecule has 0 spiro atoms. The molecule has 36 heavy (non-hydrogen) atoms. The zero-order chi connectivity index (χ0) is 26.2. The number of carbonyl (C=O) groups excluding carboxylic acids is 1. The van der Waals surface area contributed by atoms with E-state index < -0.39 is 0 Å². The van der Waals surface area contributed by atoms with E-state index in [1.54, 1.807) is 0 Å². The Labute approximate surface area is 213 Å². The smallest absolute Gasteiger partial charge is 0.255 e. The van der Waals surface area contributed by atoms with E-state index in [4.69, 9.17) is 0 Å². The summed E-state index contributed by atoms with van der Waals surface area (Å²) in [6.07, 6.45) is 8.78. The SMILES string of the molecule is C\C=C(/C=C\C(=C\CC)N(C)CCN(C)C)C(=O)Nc1ccc2nc(-c3cc(C)nc(C)n3)[nH]c2c1. The molecule has 0 saturated heterocycles. The van der Waals surface area contributed by atoms with E-state index in [2.05, 4.69) is 69.2 Å². The molecular formula is C28H37N7O. The molecule has 3 rings (SSSR count). The molecule has 2 heterocycles. The number of benzene rings is 1. The van der Waals surface area contributed by atoms with Crippen LogP contribution in [0.1, 0.15) is 31.8 Å². The number of hydrogen-bond donors (Lipinski definition) is 2. The lowest BCUT2D eigenvalue weighted by Crippen LogP contribution is -2.27. The highest BCUT2D eigenvalue weighted by atomic mass is 16.1. The number of H-pyrrole nitrogens is 1. The molecule has 0 aliphatic heterocycles. The van der Waals surface area contributed by atoms with Gasteiger partial charge < -0.3 is 20.1 Å². The number of hydrogen-bond acceptors (Lipinski definition) is 6. The van der Waals surface area contributed by atoms with Crippen LogP contribution in [-0.4, -0.2) is 69.9 Å². The quantitative estimate of drug-likeness (QED) is 0.313. The van der Waals surface area contributed by atoms with Crippen molar-refractivity contribution < 1.29 is 4.79 Å². The second kappa shape index (κ2) is 12.3. The van der Waals surface area contributed by atoms with Crippen molar-refractivity contribution in [2.24, 2.45) is 0 Å². The molecule has 0 bridgehead atoms. The maximum Gasteiger partial charge on any atom is 0.255 e. The molecule has 0 saturated carbocycles. The van der Waals surface area contributed by atoms with Crippen LogP contribution in [0.25, 0.3) is 22.6 Å². The first-order chi connectivity index (χ1) is 17.2. The number of fused-ring (bicyclic) bond motifs is 1. The lowest BCUT2D eigenvalue weighted by molar-refractivity contribution is -0.112. The van der Waals surface area contributed by atoms with Gasteiger partial charge in [-0.2, -0.15) is 0 Å². The van der Waals surface area contributed by atoms with Crippen molar-refractivity contribution in [3.63, 3.8) is 0 Å². The van der Waals surface area contributed by atoms with Crippen molar-refractivity contribution in [1.29, 1.82) is 0 Å². The first-order valence-corrected chi connectivity index (χ1v) is 12.2. The number of rotatable bonds is 10. The summed E-state index contributed by atoms with van der Waals surface area (Å²) in [5, 5.41) is 3.01. The van der Waals surface area contributed by atoms with Gasteiger partial charge in [-0.15, -0.1) is 0 Å². The van der Waals surface area contributed by atoms with Gasteiger partial charge in [0.1, 0.15) is 11.5 Å². The molecule has 0 aliphatic rings. The van der Waals surface area contributed by atoms with Crippen LogP contribution in [0.4, 0.5) is 5.69 Å². The highest BCUT2D eigenvalue weighted by Gasteiger charge is 2.11. The Balaban J connectivity index is 1.75. The van der Waals surface area contributed by atoms with Crippen molar-refractivity contribution in [3.05, 3.63) is 71.4 Å². The summed E-state index contributed by atoms with van der Waals surface area (Å²) >= 11 is 0. The Kier molecular flexibility index (Phi) is 9.13. The minimum absolute atomic E-state index is 0.165.